The van der Waals surface area contributed by atoms with Crippen molar-refractivity contribution in [1.82, 2.24) is 9.80 Å². The van der Waals surface area contributed by atoms with E-state index in [1.165, 1.54) is 42.5 Å². The summed E-state index contributed by atoms with van der Waals surface area (Å²) in [5, 5.41) is 9.53. The highest BCUT2D eigenvalue weighted by Crippen LogP contribution is 2.37. The van der Waals surface area contributed by atoms with Crippen LogP contribution in [0.1, 0.15) is 117 Å². The van der Waals surface area contributed by atoms with E-state index in [4.69, 9.17) is 9.47 Å². The number of nitrogens with zero attached hydrogens (tertiary/aromatic N) is 2. The zero-order valence-corrected chi connectivity index (χ0v) is 33.4. The van der Waals surface area contributed by atoms with E-state index in [-0.39, 0.29) is 56.3 Å². The number of phenols is 1. The number of phenolic OH excluding ortho intramolecular Hbond substituents is 1. The maximum absolute atomic E-state index is 13.8. The maximum Gasteiger partial charge on any atom is 0.254 e. The van der Waals surface area contributed by atoms with Crippen LogP contribution in [0.2, 0.25) is 0 Å². The predicted molar refractivity (Wildman–Crippen MR) is 226 cm³/mol. The fourth-order valence-electron chi connectivity index (χ4n) is 9.18. The summed E-state index contributed by atoms with van der Waals surface area (Å²) in [6.07, 6.45) is 8.12. The molecule has 2 aliphatic carbocycles. The summed E-state index contributed by atoms with van der Waals surface area (Å²) in [4.78, 5) is 28.9. The van der Waals surface area contributed by atoms with Gasteiger partial charge in [0.2, 0.25) is 0 Å². The van der Waals surface area contributed by atoms with E-state index in [1.54, 1.807) is 42.2 Å². The monoisotopic (exact) mass is 832 g/mol. The summed E-state index contributed by atoms with van der Waals surface area (Å²) in [6.45, 7) is 8.03. The molecule has 2 atom stereocenters. The minimum absolute atomic E-state index is 0. The van der Waals surface area contributed by atoms with Gasteiger partial charge in [-0.2, -0.15) is 0 Å². The van der Waals surface area contributed by atoms with E-state index < -0.39 is 11.6 Å². The number of ether oxygens (including phenoxy) is 2. The van der Waals surface area contributed by atoms with E-state index in [1.807, 2.05) is 18.7 Å². The molecule has 1 N–H and O–H groups in total. The van der Waals surface area contributed by atoms with Gasteiger partial charge in [-0.05, 0) is 161 Å². The number of rotatable bonds is 10. The zero-order chi connectivity index (χ0) is 41.1. The van der Waals surface area contributed by atoms with Crippen molar-refractivity contribution in [2.24, 2.45) is 23.7 Å². The van der Waals surface area contributed by atoms with Gasteiger partial charge in [-0.3, -0.25) is 9.59 Å². The lowest BCUT2D eigenvalue weighted by atomic mass is 9.79. The van der Waals surface area contributed by atoms with Gasteiger partial charge in [0.15, 0.2) is 11.6 Å². The van der Waals surface area contributed by atoms with E-state index >= 15 is 0 Å². The van der Waals surface area contributed by atoms with Gasteiger partial charge in [-0.15, -0.1) is 0 Å². The van der Waals surface area contributed by atoms with Gasteiger partial charge in [0.1, 0.15) is 29.0 Å². The molecule has 324 valence electrons. The average molecular weight is 833 g/mol. The number of aromatic hydroxyl groups is 1. The van der Waals surface area contributed by atoms with Gasteiger partial charge in [0, 0.05) is 49.4 Å². The van der Waals surface area contributed by atoms with Crippen LogP contribution in [0.5, 0.6) is 17.2 Å². The molecule has 2 amide bonds. The topological polar surface area (TPSA) is 79.3 Å². The van der Waals surface area contributed by atoms with Crippen molar-refractivity contribution in [2.45, 2.75) is 112 Å². The third-order valence-electron chi connectivity index (χ3n) is 12.6. The van der Waals surface area contributed by atoms with Crippen LogP contribution in [-0.2, 0) is 13.1 Å². The molecule has 0 bridgehead atoms. The first-order valence-electron chi connectivity index (χ1n) is 20.5. The van der Waals surface area contributed by atoms with Gasteiger partial charge in [0.05, 0.1) is 12.2 Å². The molecule has 0 aromatic heterocycles. The van der Waals surface area contributed by atoms with Crippen molar-refractivity contribution in [2.75, 3.05) is 13.1 Å². The Morgan fingerprint density at radius 3 is 1.47 bits per heavy atom. The molecule has 0 spiro atoms. The minimum Gasteiger partial charge on any atom is -0.505 e. The zero-order valence-electron chi connectivity index (χ0n) is 33.4. The lowest BCUT2D eigenvalue weighted by Gasteiger charge is -2.34. The highest BCUT2D eigenvalue weighted by molar-refractivity contribution is 5.99. The van der Waals surface area contributed by atoms with Crippen molar-refractivity contribution >= 4 is 11.8 Å². The third kappa shape index (κ3) is 10.8. The molecular formula is C49H60F4N2O5. The predicted octanol–water partition coefficient (Wildman–Crippen LogP) is 11.7. The second kappa shape index (κ2) is 20.0. The summed E-state index contributed by atoms with van der Waals surface area (Å²) < 4.78 is 65.9. The van der Waals surface area contributed by atoms with Crippen LogP contribution in [0.15, 0.2) is 72.8 Å². The normalized spacial score (nSPS) is 21.7. The van der Waals surface area contributed by atoms with Crippen molar-refractivity contribution in [1.29, 1.82) is 0 Å². The van der Waals surface area contributed by atoms with Crippen LogP contribution >= 0.6 is 0 Å². The Hall–Kier alpha value is -5.06. The quantitative estimate of drug-likeness (QED) is 0.161. The van der Waals surface area contributed by atoms with Gasteiger partial charge in [0.25, 0.3) is 11.8 Å². The number of hydrogen-bond acceptors (Lipinski definition) is 5. The van der Waals surface area contributed by atoms with Gasteiger partial charge >= 0.3 is 0 Å². The van der Waals surface area contributed by atoms with Crippen LogP contribution in [0.25, 0.3) is 0 Å². The fraction of sp³-hybridized carbons (Fsp3) is 0.469. The summed E-state index contributed by atoms with van der Waals surface area (Å²) in [6, 6.07) is 18.2. The number of halogens is 4. The minimum atomic E-state index is -0.689. The van der Waals surface area contributed by atoms with E-state index in [0.717, 1.165) is 63.5 Å². The van der Waals surface area contributed by atoms with Crippen molar-refractivity contribution in [3.63, 3.8) is 0 Å². The van der Waals surface area contributed by atoms with E-state index in [0.29, 0.717) is 77.1 Å². The Bertz CT molecular complexity index is 1960. The average Bonchev–Trinajstić information content (AvgIpc) is 3.65. The Balaban J connectivity index is 0.000000220. The molecule has 4 aromatic rings. The molecule has 11 heteroatoms. The molecule has 4 aliphatic rings. The second-order valence-electron chi connectivity index (χ2n) is 16.7. The first-order valence-corrected chi connectivity index (χ1v) is 20.5. The maximum atomic E-state index is 13.8. The molecule has 0 saturated heterocycles. The molecule has 60 heavy (non-hydrogen) atoms. The standard InChI is InChI=1S/C24H27F2NO2.C23H25F2NO3.2CH4/c1-15-10-22-19(11-23(15)26)14-27(24(22)28)13-17-6-8-18(9-7-17)16(2)29-21-5-3-4-20(25)12-21;1-14(29-19-4-2-3-18(24)10-19)16-7-5-15(6-8-16)12-26-13-17-9-21(25)22(27)11-20(17)23(26)28;;/h3-5,10-12,16-18H,6-9,13-14H2,1-2H3;2-4,9-11,14-16,27H,5-8,12-13H2,1H3;2*1H4. The SMILES string of the molecule is C.C.CC(Oc1cccc(F)c1)C1CCC(CN2Cc3cc(F)c(O)cc3C2=O)CC1.Cc1cc2c(cc1F)CN(CC1CCC(C(C)Oc3cccc(F)c3)CC1)C2=O. The Kier molecular flexibility index (Phi) is 15.3. The van der Waals surface area contributed by atoms with Crippen LogP contribution in [0.4, 0.5) is 17.6 Å². The van der Waals surface area contributed by atoms with Crippen LogP contribution in [-0.4, -0.2) is 52.0 Å². The molecule has 0 radical (unpaired) electrons. The highest BCUT2D eigenvalue weighted by atomic mass is 19.1. The Morgan fingerprint density at radius 1 is 0.617 bits per heavy atom. The van der Waals surface area contributed by atoms with Crippen molar-refractivity contribution < 1.29 is 41.7 Å². The molecule has 2 fully saturated rings. The fourth-order valence-corrected chi connectivity index (χ4v) is 9.18. The molecule has 2 aliphatic heterocycles. The second-order valence-corrected chi connectivity index (χ2v) is 16.7. The molecule has 8 rings (SSSR count). The lowest BCUT2D eigenvalue weighted by Crippen LogP contribution is -2.34. The molecule has 7 nitrogen and oxygen atoms in total. The number of benzene rings is 4. The molecule has 2 heterocycles. The largest absolute Gasteiger partial charge is 0.505 e. The smallest absolute Gasteiger partial charge is 0.254 e. The van der Waals surface area contributed by atoms with Gasteiger partial charge in [-0.25, -0.2) is 17.6 Å². The molecular weight excluding hydrogens is 773 g/mol. The number of amides is 2. The third-order valence-corrected chi connectivity index (χ3v) is 12.6. The Morgan fingerprint density at radius 2 is 1.03 bits per heavy atom. The number of carbonyl (C=O) groups excluding carboxylic acids is 2. The molecule has 4 aromatic carbocycles. The molecule has 2 saturated carbocycles. The van der Waals surface area contributed by atoms with Crippen LogP contribution in [0, 0.1) is 53.9 Å². The first kappa shape index (κ1) is 46.0. The van der Waals surface area contributed by atoms with Gasteiger partial charge in [-0.1, -0.05) is 27.0 Å². The van der Waals surface area contributed by atoms with Crippen LogP contribution in [0.3, 0.4) is 0 Å². The summed E-state index contributed by atoms with van der Waals surface area (Å²) in [5.41, 5.74) is 3.00. The van der Waals surface area contributed by atoms with Gasteiger partial charge < -0.3 is 24.4 Å². The van der Waals surface area contributed by atoms with Crippen LogP contribution < -0.4 is 9.47 Å². The Labute approximate surface area is 352 Å². The highest BCUT2D eigenvalue weighted by Gasteiger charge is 2.35. The summed E-state index contributed by atoms with van der Waals surface area (Å²) in [7, 11) is 0. The summed E-state index contributed by atoms with van der Waals surface area (Å²) in [5.74, 6) is 0.675. The lowest BCUT2D eigenvalue weighted by molar-refractivity contribution is 0.0681. The number of aryl methyl sites for hydroxylation is 1. The van der Waals surface area contributed by atoms with Crippen molar-refractivity contribution in [3.8, 4) is 17.2 Å². The van der Waals surface area contributed by atoms with Crippen molar-refractivity contribution in [3.05, 3.63) is 124 Å². The number of fused-ring (bicyclic) bond motifs is 2. The first-order chi connectivity index (χ1) is 27.8. The number of carbonyl (C=O) groups is 2. The number of hydrogen-bond donors (Lipinski definition) is 1. The molecule has 2 unspecified atom stereocenters. The summed E-state index contributed by atoms with van der Waals surface area (Å²) >= 11 is 0. The van der Waals surface area contributed by atoms with E-state index in [2.05, 4.69) is 0 Å². The van der Waals surface area contributed by atoms with E-state index in [9.17, 15) is 32.3 Å².